The third-order valence-electron chi connectivity index (χ3n) is 2.49. The highest BCUT2D eigenvalue weighted by Gasteiger charge is 2.20. The van der Waals surface area contributed by atoms with Crippen molar-refractivity contribution >= 4 is 11.8 Å². The number of ketones is 1. The lowest BCUT2D eigenvalue weighted by Gasteiger charge is -2.01. The van der Waals surface area contributed by atoms with Crippen molar-refractivity contribution in [3.8, 4) is 0 Å². The van der Waals surface area contributed by atoms with Crippen molar-refractivity contribution in [1.29, 1.82) is 0 Å². The zero-order chi connectivity index (χ0) is 12.3. The lowest BCUT2D eigenvalue weighted by molar-refractivity contribution is -0.139. The van der Waals surface area contributed by atoms with Crippen LogP contribution in [-0.4, -0.2) is 28.6 Å². The Bertz CT molecular complexity index is 421. The fraction of sp³-hybridized carbons (Fsp3) is 0.545. The molecule has 16 heavy (non-hydrogen) atoms. The molecule has 5 nitrogen and oxygen atoms in total. The van der Waals surface area contributed by atoms with Crippen molar-refractivity contribution in [2.45, 2.75) is 33.7 Å². The normalized spacial score (nSPS) is 10.2. The fourth-order valence-electron chi connectivity index (χ4n) is 1.70. The highest BCUT2D eigenvalue weighted by Crippen LogP contribution is 2.15. The summed E-state index contributed by atoms with van der Waals surface area (Å²) in [6.07, 6.45) is -0.229. The first-order chi connectivity index (χ1) is 7.51. The van der Waals surface area contributed by atoms with Gasteiger partial charge in [0.1, 0.15) is 6.42 Å². The first kappa shape index (κ1) is 12.4. The number of Topliss-reactive ketones (excluding diaryl/α,β-unsaturated/α-hetero) is 1. The van der Waals surface area contributed by atoms with E-state index in [1.165, 1.54) is 7.11 Å². The Morgan fingerprint density at radius 3 is 2.44 bits per heavy atom. The van der Waals surface area contributed by atoms with Gasteiger partial charge in [0.25, 0.3) is 0 Å². The molecule has 0 N–H and O–H groups in total. The number of nitrogens with zero attached hydrogens (tertiary/aromatic N) is 2. The van der Waals surface area contributed by atoms with Gasteiger partial charge in [0, 0.05) is 12.2 Å². The maximum Gasteiger partial charge on any atom is 0.313 e. The van der Waals surface area contributed by atoms with Crippen molar-refractivity contribution in [2.75, 3.05) is 7.11 Å². The van der Waals surface area contributed by atoms with E-state index < -0.39 is 5.97 Å². The zero-order valence-corrected chi connectivity index (χ0v) is 10.0. The molecule has 0 aliphatic carbocycles. The van der Waals surface area contributed by atoms with E-state index in [4.69, 9.17) is 0 Å². The molecule has 0 atom stereocenters. The number of rotatable bonds is 4. The van der Waals surface area contributed by atoms with Gasteiger partial charge in [-0.3, -0.25) is 14.3 Å². The average molecular weight is 224 g/mol. The Balaban J connectivity index is 2.99. The van der Waals surface area contributed by atoms with E-state index in [9.17, 15) is 9.59 Å². The molecule has 0 radical (unpaired) electrons. The minimum Gasteiger partial charge on any atom is -0.469 e. The first-order valence-corrected chi connectivity index (χ1v) is 5.15. The SMILES string of the molecule is CCn1nc(C)c(C(=O)CC(=O)OC)c1C. The number of carbonyl (C=O) groups excluding carboxylic acids is 2. The van der Waals surface area contributed by atoms with E-state index in [2.05, 4.69) is 9.84 Å². The van der Waals surface area contributed by atoms with Crippen LogP contribution in [0.15, 0.2) is 0 Å². The van der Waals surface area contributed by atoms with E-state index >= 15 is 0 Å². The van der Waals surface area contributed by atoms with Gasteiger partial charge in [0.05, 0.1) is 18.4 Å². The number of aromatic nitrogens is 2. The molecule has 0 spiro atoms. The third kappa shape index (κ3) is 2.29. The molecule has 88 valence electrons. The van der Waals surface area contributed by atoms with Crippen LogP contribution in [0.25, 0.3) is 0 Å². The minimum atomic E-state index is -0.520. The lowest BCUT2D eigenvalue weighted by Crippen LogP contribution is -2.11. The fourth-order valence-corrected chi connectivity index (χ4v) is 1.70. The predicted molar refractivity (Wildman–Crippen MR) is 58.3 cm³/mol. The Hall–Kier alpha value is -1.65. The van der Waals surface area contributed by atoms with Gasteiger partial charge in [-0.1, -0.05) is 0 Å². The van der Waals surface area contributed by atoms with Gasteiger partial charge < -0.3 is 4.74 Å². The maximum atomic E-state index is 11.8. The van der Waals surface area contributed by atoms with Crippen molar-refractivity contribution in [1.82, 2.24) is 9.78 Å². The largest absolute Gasteiger partial charge is 0.469 e. The second kappa shape index (κ2) is 4.92. The number of methoxy groups -OCH3 is 1. The molecule has 0 fully saturated rings. The van der Waals surface area contributed by atoms with E-state index in [1.54, 1.807) is 11.6 Å². The predicted octanol–water partition coefficient (Wildman–Crippen LogP) is 1.27. The molecular formula is C11H16N2O3. The molecule has 1 aromatic heterocycles. The number of esters is 1. The maximum absolute atomic E-state index is 11.8. The summed E-state index contributed by atoms with van der Waals surface area (Å²) in [7, 11) is 1.27. The molecule has 0 aliphatic rings. The molecule has 5 heteroatoms. The van der Waals surface area contributed by atoms with Crippen LogP contribution in [0.4, 0.5) is 0 Å². The monoisotopic (exact) mass is 224 g/mol. The molecule has 1 aromatic rings. The summed E-state index contributed by atoms with van der Waals surface area (Å²) in [6, 6.07) is 0. The summed E-state index contributed by atoms with van der Waals surface area (Å²) in [5, 5.41) is 4.23. The van der Waals surface area contributed by atoms with E-state index in [1.807, 2.05) is 13.8 Å². The smallest absolute Gasteiger partial charge is 0.313 e. The summed E-state index contributed by atoms with van der Waals surface area (Å²) < 4.78 is 6.22. The molecule has 0 saturated carbocycles. The van der Waals surface area contributed by atoms with E-state index in [-0.39, 0.29) is 12.2 Å². The number of ether oxygens (including phenoxy) is 1. The first-order valence-electron chi connectivity index (χ1n) is 5.15. The van der Waals surface area contributed by atoms with Crippen LogP contribution in [0.3, 0.4) is 0 Å². The average Bonchev–Trinajstić information content (AvgIpc) is 2.53. The van der Waals surface area contributed by atoms with Crippen molar-refractivity contribution in [3.05, 3.63) is 17.0 Å². The van der Waals surface area contributed by atoms with Gasteiger partial charge in [0.15, 0.2) is 5.78 Å². The molecule has 0 aromatic carbocycles. The standard InChI is InChI=1S/C11H16N2O3/c1-5-13-8(3)11(7(2)12-13)9(14)6-10(15)16-4/h5-6H2,1-4H3. The van der Waals surface area contributed by atoms with Crippen molar-refractivity contribution in [2.24, 2.45) is 0 Å². The van der Waals surface area contributed by atoms with Gasteiger partial charge in [-0.05, 0) is 20.8 Å². The number of hydrogen-bond acceptors (Lipinski definition) is 4. The molecule has 0 aliphatic heterocycles. The highest BCUT2D eigenvalue weighted by molar-refractivity contribution is 6.07. The van der Waals surface area contributed by atoms with Crippen molar-refractivity contribution in [3.63, 3.8) is 0 Å². The van der Waals surface area contributed by atoms with Gasteiger partial charge >= 0.3 is 5.97 Å². The Kier molecular flexibility index (Phi) is 3.82. The van der Waals surface area contributed by atoms with Gasteiger partial charge in [-0.15, -0.1) is 0 Å². The lowest BCUT2D eigenvalue weighted by atomic mass is 10.1. The van der Waals surface area contributed by atoms with Gasteiger partial charge in [-0.2, -0.15) is 5.10 Å². The van der Waals surface area contributed by atoms with Crippen molar-refractivity contribution < 1.29 is 14.3 Å². The van der Waals surface area contributed by atoms with Crippen LogP contribution in [0.5, 0.6) is 0 Å². The highest BCUT2D eigenvalue weighted by atomic mass is 16.5. The van der Waals surface area contributed by atoms with E-state index in [0.717, 1.165) is 5.69 Å². The summed E-state index contributed by atoms with van der Waals surface area (Å²) in [4.78, 5) is 22.9. The number of aryl methyl sites for hydroxylation is 2. The van der Waals surface area contributed by atoms with E-state index in [0.29, 0.717) is 17.8 Å². The molecule has 1 heterocycles. The van der Waals surface area contributed by atoms with Gasteiger partial charge in [0.2, 0.25) is 0 Å². The van der Waals surface area contributed by atoms with Crippen LogP contribution >= 0.6 is 0 Å². The molecule has 0 saturated heterocycles. The van der Waals surface area contributed by atoms with Crippen LogP contribution in [-0.2, 0) is 16.1 Å². The third-order valence-corrected chi connectivity index (χ3v) is 2.49. The van der Waals surface area contributed by atoms with Crippen LogP contribution in [0, 0.1) is 13.8 Å². The second-order valence-corrected chi connectivity index (χ2v) is 3.54. The number of carbonyl (C=O) groups is 2. The molecule has 0 bridgehead atoms. The molecular weight excluding hydrogens is 208 g/mol. The summed E-state index contributed by atoms with van der Waals surface area (Å²) in [5.74, 6) is -0.755. The summed E-state index contributed by atoms with van der Waals surface area (Å²) >= 11 is 0. The number of hydrogen-bond donors (Lipinski definition) is 0. The Morgan fingerprint density at radius 1 is 1.38 bits per heavy atom. The Labute approximate surface area is 94.4 Å². The molecule has 1 rings (SSSR count). The Morgan fingerprint density at radius 2 is 2.00 bits per heavy atom. The minimum absolute atomic E-state index is 0.229. The van der Waals surface area contributed by atoms with Crippen LogP contribution in [0.2, 0.25) is 0 Å². The quantitative estimate of drug-likeness (QED) is 0.439. The topological polar surface area (TPSA) is 61.2 Å². The molecule has 0 amide bonds. The molecule has 0 unspecified atom stereocenters. The summed E-state index contributed by atoms with van der Waals surface area (Å²) in [5.41, 5.74) is 1.99. The van der Waals surface area contributed by atoms with Crippen LogP contribution in [0.1, 0.15) is 35.1 Å². The second-order valence-electron chi connectivity index (χ2n) is 3.54. The van der Waals surface area contributed by atoms with Gasteiger partial charge in [-0.25, -0.2) is 0 Å². The summed E-state index contributed by atoms with van der Waals surface area (Å²) in [6.45, 7) is 6.25. The zero-order valence-electron chi connectivity index (χ0n) is 10.0. The van der Waals surface area contributed by atoms with Crippen LogP contribution < -0.4 is 0 Å².